The Hall–Kier alpha value is -2.82. The summed E-state index contributed by atoms with van der Waals surface area (Å²) in [5, 5.41) is 2.80. The van der Waals surface area contributed by atoms with Crippen LogP contribution in [-0.2, 0) is 11.2 Å². The molecule has 2 aromatic rings. The van der Waals surface area contributed by atoms with Gasteiger partial charge in [-0.3, -0.25) is 9.59 Å². The zero-order valence-corrected chi connectivity index (χ0v) is 14.3. The zero-order valence-electron chi connectivity index (χ0n) is 14.3. The Bertz CT molecular complexity index is 839. The number of carbonyl (C=O) groups is 2. The van der Waals surface area contributed by atoms with Crippen molar-refractivity contribution in [2.24, 2.45) is 0 Å². The Morgan fingerprint density at radius 1 is 1.04 bits per heavy atom. The van der Waals surface area contributed by atoms with Crippen molar-refractivity contribution in [1.29, 1.82) is 0 Å². The number of anilines is 2. The van der Waals surface area contributed by atoms with E-state index >= 15 is 0 Å². The minimum Gasteiger partial charge on any atom is -0.368 e. The number of amides is 2. The second kappa shape index (κ2) is 6.24. The highest BCUT2D eigenvalue weighted by Crippen LogP contribution is 2.25. The summed E-state index contributed by atoms with van der Waals surface area (Å²) in [5.41, 5.74) is 4.87. The topological polar surface area (TPSA) is 52.7 Å². The van der Waals surface area contributed by atoms with Gasteiger partial charge in [0.2, 0.25) is 5.91 Å². The Kier molecular flexibility index (Phi) is 3.92. The number of benzene rings is 2. The van der Waals surface area contributed by atoms with Gasteiger partial charge in [-0.2, -0.15) is 0 Å². The van der Waals surface area contributed by atoms with Gasteiger partial charge in [0, 0.05) is 43.1 Å². The molecule has 128 valence electrons. The summed E-state index contributed by atoms with van der Waals surface area (Å²) in [6.07, 6.45) is 0.359. The molecule has 0 unspecified atom stereocenters. The molecule has 0 atom stereocenters. The van der Waals surface area contributed by atoms with E-state index in [2.05, 4.69) is 41.4 Å². The molecule has 0 saturated carbocycles. The molecular formula is C20H21N3O2. The molecule has 2 aromatic carbocycles. The fourth-order valence-corrected chi connectivity index (χ4v) is 3.54. The van der Waals surface area contributed by atoms with Crippen LogP contribution in [0.4, 0.5) is 11.4 Å². The number of piperazine rings is 1. The van der Waals surface area contributed by atoms with Gasteiger partial charge >= 0.3 is 0 Å². The zero-order chi connectivity index (χ0) is 17.4. The van der Waals surface area contributed by atoms with Crippen molar-refractivity contribution in [3.8, 4) is 0 Å². The molecule has 0 spiro atoms. The quantitative estimate of drug-likeness (QED) is 0.917. The van der Waals surface area contributed by atoms with Crippen LogP contribution in [0.2, 0.25) is 0 Å². The van der Waals surface area contributed by atoms with Crippen molar-refractivity contribution in [3.63, 3.8) is 0 Å². The van der Waals surface area contributed by atoms with Crippen LogP contribution in [0.3, 0.4) is 0 Å². The van der Waals surface area contributed by atoms with Gasteiger partial charge < -0.3 is 15.1 Å². The Morgan fingerprint density at radius 3 is 2.60 bits per heavy atom. The van der Waals surface area contributed by atoms with Gasteiger partial charge in [0.05, 0.1) is 6.42 Å². The summed E-state index contributed by atoms with van der Waals surface area (Å²) in [4.78, 5) is 28.5. The van der Waals surface area contributed by atoms with E-state index in [0.717, 1.165) is 24.3 Å². The minimum atomic E-state index is -0.00799. The number of rotatable bonds is 2. The molecule has 1 fully saturated rings. The number of hydrogen-bond donors (Lipinski definition) is 1. The maximum Gasteiger partial charge on any atom is 0.253 e. The summed E-state index contributed by atoms with van der Waals surface area (Å²) >= 11 is 0. The van der Waals surface area contributed by atoms with Crippen LogP contribution in [0, 0.1) is 6.92 Å². The van der Waals surface area contributed by atoms with E-state index in [9.17, 15) is 9.59 Å². The molecule has 0 radical (unpaired) electrons. The lowest BCUT2D eigenvalue weighted by molar-refractivity contribution is -0.115. The van der Waals surface area contributed by atoms with Gasteiger partial charge in [0.25, 0.3) is 5.91 Å². The highest BCUT2D eigenvalue weighted by molar-refractivity contribution is 6.01. The van der Waals surface area contributed by atoms with Crippen molar-refractivity contribution in [1.82, 2.24) is 4.90 Å². The predicted octanol–water partition coefficient (Wildman–Crippen LogP) is 2.45. The first-order chi connectivity index (χ1) is 12.1. The average molecular weight is 335 g/mol. The molecule has 25 heavy (non-hydrogen) atoms. The van der Waals surface area contributed by atoms with Crippen molar-refractivity contribution < 1.29 is 9.59 Å². The van der Waals surface area contributed by atoms with Gasteiger partial charge in [-0.15, -0.1) is 0 Å². The third-order valence-corrected chi connectivity index (χ3v) is 4.91. The molecule has 0 bridgehead atoms. The van der Waals surface area contributed by atoms with Crippen LogP contribution >= 0.6 is 0 Å². The van der Waals surface area contributed by atoms with Crippen LogP contribution in [0.15, 0.2) is 42.5 Å². The van der Waals surface area contributed by atoms with Crippen LogP contribution in [0.1, 0.15) is 21.5 Å². The summed E-state index contributed by atoms with van der Waals surface area (Å²) in [7, 11) is 0. The molecule has 4 rings (SSSR count). The Labute approximate surface area is 147 Å². The maximum atomic E-state index is 12.8. The van der Waals surface area contributed by atoms with Crippen molar-refractivity contribution in [3.05, 3.63) is 59.2 Å². The first-order valence-electron chi connectivity index (χ1n) is 8.64. The van der Waals surface area contributed by atoms with E-state index in [1.54, 1.807) is 6.07 Å². The molecule has 0 aliphatic carbocycles. The van der Waals surface area contributed by atoms with Crippen molar-refractivity contribution in [2.75, 3.05) is 36.4 Å². The SMILES string of the molecule is Cc1cccc(N2CCN(C(=O)c3ccc4c(c3)CC(=O)N4)CC2)c1. The second-order valence-corrected chi connectivity index (χ2v) is 6.72. The Balaban J connectivity index is 1.43. The number of fused-ring (bicyclic) bond motifs is 1. The molecule has 2 heterocycles. The molecule has 2 aliphatic heterocycles. The molecule has 1 N–H and O–H groups in total. The summed E-state index contributed by atoms with van der Waals surface area (Å²) in [6.45, 7) is 5.18. The molecule has 5 heteroatoms. The number of aryl methyl sites for hydroxylation is 1. The van der Waals surface area contributed by atoms with E-state index in [0.29, 0.717) is 25.1 Å². The number of nitrogens with one attached hydrogen (secondary N) is 1. The van der Waals surface area contributed by atoms with E-state index in [4.69, 9.17) is 0 Å². The highest BCUT2D eigenvalue weighted by Gasteiger charge is 2.24. The standard InChI is InChI=1S/C20H21N3O2/c1-14-3-2-4-17(11-14)22-7-9-23(10-8-22)20(25)15-5-6-18-16(12-15)13-19(24)21-18/h2-6,11-12H,7-10,13H2,1H3,(H,21,24). The third kappa shape index (κ3) is 3.09. The first-order valence-corrected chi connectivity index (χ1v) is 8.64. The van der Waals surface area contributed by atoms with E-state index < -0.39 is 0 Å². The van der Waals surface area contributed by atoms with Gasteiger partial charge in [-0.05, 0) is 48.4 Å². The second-order valence-electron chi connectivity index (χ2n) is 6.72. The molecule has 2 aliphatic rings. The summed E-state index contributed by atoms with van der Waals surface area (Å²) in [6, 6.07) is 14.0. The lowest BCUT2D eigenvalue weighted by atomic mass is 10.1. The lowest BCUT2D eigenvalue weighted by Crippen LogP contribution is -2.48. The molecule has 0 aromatic heterocycles. The number of hydrogen-bond acceptors (Lipinski definition) is 3. The predicted molar refractivity (Wildman–Crippen MR) is 98.1 cm³/mol. The normalized spacial score (nSPS) is 16.6. The number of carbonyl (C=O) groups excluding carboxylic acids is 2. The molecular weight excluding hydrogens is 314 g/mol. The smallest absolute Gasteiger partial charge is 0.253 e. The minimum absolute atomic E-state index is 0.00799. The Morgan fingerprint density at radius 2 is 1.84 bits per heavy atom. The fraction of sp³-hybridized carbons (Fsp3) is 0.300. The van der Waals surface area contributed by atoms with Crippen molar-refractivity contribution >= 4 is 23.2 Å². The third-order valence-electron chi connectivity index (χ3n) is 4.91. The van der Waals surface area contributed by atoms with Crippen LogP contribution in [-0.4, -0.2) is 42.9 Å². The number of nitrogens with zero attached hydrogens (tertiary/aromatic N) is 2. The summed E-state index contributed by atoms with van der Waals surface area (Å²) in [5.74, 6) is 0.0393. The van der Waals surface area contributed by atoms with Gasteiger partial charge in [0.15, 0.2) is 0 Å². The van der Waals surface area contributed by atoms with Crippen LogP contribution < -0.4 is 10.2 Å². The van der Waals surface area contributed by atoms with E-state index in [1.165, 1.54) is 11.3 Å². The first kappa shape index (κ1) is 15.7. The van der Waals surface area contributed by atoms with Gasteiger partial charge in [0.1, 0.15) is 0 Å². The largest absolute Gasteiger partial charge is 0.368 e. The van der Waals surface area contributed by atoms with Crippen LogP contribution in [0.25, 0.3) is 0 Å². The van der Waals surface area contributed by atoms with E-state index in [-0.39, 0.29) is 11.8 Å². The molecule has 2 amide bonds. The maximum absolute atomic E-state index is 12.8. The highest BCUT2D eigenvalue weighted by atomic mass is 16.2. The monoisotopic (exact) mass is 335 g/mol. The summed E-state index contributed by atoms with van der Waals surface area (Å²) < 4.78 is 0. The van der Waals surface area contributed by atoms with E-state index in [1.807, 2.05) is 17.0 Å². The average Bonchev–Trinajstić information content (AvgIpc) is 3.00. The van der Waals surface area contributed by atoms with Crippen LogP contribution in [0.5, 0.6) is 0 Å². The molecule has 5 nitrogen and oxygen atoms in total. The lowest BCUT2D eigenvalue weighted by Gasteiger charge is -2.36. The molecule has 1 saturated heterocycles. The van der Waals surface area contributed by atoms with Crippen molar-refractivity contribution in [2.45, 2.75) is 13.3 Å². The fourth-order valence-electron chi connectivity index (χ4n) is 3.54. The van der Waals surface area contributed by atoms with Gasteiger partial charge in [-0.25, -0.2) is 0 Å². The van der Waals surface area contributed by atoms with Gasteiger partial charge in [-0.1, -0.05) is 12.1 Å².